The number of halogens is 1. The molecule has 0 bridgehead atoms. The number of sulfonamides is 1. The Morgan fingerprint density at radius 3 is 2.20 bits per heavy atom. The minimum atomic E-state index is -4.24. The molecule has 2 amide bonds. The van der Waals surface area contributed by atoms with Crippen LogP contribution in [0, 0.1) is 13.8 Å². The predicted molar refractivity (Wildman–Crippen MR) is 181 cm³/mol. The molecular weight excluding hydrogens is 654 g/mol. The number of hydrogen-bond donors (Lipinski definition) is 1. The number of benzene rings is 4. The molecule has 1 unspecified atom stereocenters. The summed E-state index contributed by atoms with van der Waals surface area (Å²) in [5.74, 6) is -0.351. The van der Waals surface area contributed by atoms with Crippen LogP contribution in [0.15, 0.2) is 106 Å². The van der Waals surface area contributed by atoms with E-state index in [1.807, 2.05) is 75.4 Å². The topological polar surface area (TPSA) is 96.0 Å². The van der Waals surface area contributed by atoms with E-state index in [4.69, 9.17) is 4.74 Å². The van der Waals surface area contributed by atoms with Crippen molar-refractivity contribution in [2.24, 2.45) is 0 Å². The van der Waals surface area contributed by atoms with Crippen molar-refractivity contribution in [3.05, 3.63) is 124 Å². The molecule has 1 N–H and O–H groups in total. The maximum atomic E-state index is 14.5. The van der Waals surface area contributed by atoms with E-state index >= 15 is 0 Å². The third kappa shape index (κ3) is 8.32. The van der Waals surface area contributed by atoms with Crippen molar-refractivity contribution in [1.82, 2.24) is 10.2 Å². The molecule has 0 spiro atoms. The summed E-state index contributed by atoms with van der Waals surface area (Å²) < 4.78 is 35.4. The van der Waals surface area contributed by atoms with Gasteiger partial charge in [-0.3, -0.25) is 13.9 Å². The van der Waals surface area contributed by atoms with Gasteiger partial charge in [0.05, 0.1) is 22.2 Å². The van der Waals surface area contributed by atoms with E-state index in [1.165, 1.54) is 24.1 Å². The van der Waals surface area contributed by atoms with Crippen molar-refractivity contribution in [2.45, 2.75) is 44.7 Å². The van der Waals surface area contributed by atoms with Crippen molar-refractivity contribution in [2.75, 3.05) is 24.5 Å². The quantitative estimate of drug-likeness (QED) is 0.184. The minimum absolute atomic E-state index is 0.0152. The number of carbonyl (C=O) groups is 2. The molecule has 0 radical (unpaired) electrons. The lowest BCUT2D eigenvalue weighted by Crippen LogP contribution is -2.53. The first kappa shape index (κ1) is 33.7. The van der Waals surface area contributed by atoms with Crippen LogP contribution in [0.1, 0.15) is 29.2 Å². The fourth-order valence-electron chi connectivity index (χ4n) is 4.99. The highest BCUT2D eigenvalue weighted by Crippen LogP contribution is 2.31. The van der Waals surface area contributed by atoms with Gasteiger partial charge in [-0.2, -0.15) is 0 Å². The number of rotatable bonds is 13. The fourth-order valence-corrected chi connectivity index (χ4v) is 7.12. The van der Waals surface area contributed by atoms with E-state index in [2.05, 4.69) is 21.2 Å². The van der Waals surface area contributed by atoms with Gasteiger partial charge in [0.2, 0.25) is 11.8 Å². The SMILES string of the molecule is CCNC(=O)C(Cc1ccccc1)N(Cc1ccccc1C)C(=O)CN(c1ccc(C)cc1)S(=O)(=O)c1ccc(OC)c(Br)c1. The van der Waals surface area contributed by atoms with Crippen molar-refractivity contribution in [3.8, 4) is 5.75 Å². The first-order valence-corrected chi connectivity index (χ1v) is 16.9. The van der Waals surface area contributed by atoms with Crippen molar-refractivity contribution < 1.29 is 22.7 Å². The van der Waals surface area contributed by atoms with E-state index in [0.717, 1.165) is 26.6 Å². The summed E-state index contributed by atoms with van der Waals surface area (Å²) >= 11 is 3.39. The van der Waals surface area contributed by atoms with Gasteiger partial charge < -0.3 is 15.0 Å². The number of carbonyl (C=O) groups excluding carboxylic acids is 2. The largest absolute Gasteiger partial charge is 0.496 e. The molecule has 10 heteroatoms. The van der Waals surface area contributed by atoms with E-state index < -0.39 is 28.5 Å². The number of aryl methyl sites for hydroxylation is 2. The van der Waals surface area contributed by atoms with Crippen LogP contribution in [0.4, 0.5) is 5.69 Å². The Morgan fingerprint density at radius 1 is 0.911 bits per heavy atom. The van der Waals surface area contributed by atoms with Crippen molar-refractivity contribution in [1.29, 1.82) is 0 Å². The van der Waals surface area contributed by atoms with E-state index in [9.17, 15) is 18.0 Å². The molecule has 236 valence electrons. The zero-order valence-electron chi connectivity index (χ0n) is 25.9. The van der Waals surface area contributed by atoms with Crippen LogP contribution in [0.25, 0.3) is 0 Å². The number of nitrogens with one attached hydrogen (secondary N) is 1. The lowest BCUT2D eigenvalue weighted by Gasteiger charge is -2.34. The number of amides is 2. The Kier molecular flexibility index (Phi) is 11.4. The van der Waals surface area contributed by atoms with Gasteiger partial charge in [-0.15, -0.1) is 0 Å². The second kappa shape index (κ2) is 15.2. The highest BCUT2D eigenvalue weighted by atomic mass is 79.9. The van der Waals surface area contributed by atoms with Gasteiger partial charge >= 0.3 is 0 Å². The molecule has 0 saturated carbocycles. The number of likely N-dealkylation sites (N-methyl/N-ethyl adjacent to an activating group) is 1. The van der Waals surface area contributed by atoms with Gasteiger partial charge in [-0.05, 0) is 83.7 Å². The summed E-state index contributed by atoms with van der Waals surface area (Å²) in [6.07, 6.45) is 0.257. The second-order valence-electron chi connectivity index (χ2n) is 10.7. The molecule has 0 fully saturated rings. The molecule has 4 rings (SSSR count). The molecule has 0 saturated heterocycles. The first-order valence-electron chi connectivity index (χ1n) is 14.6. The molecule has 45 heavy (non-hydrogen) atoms. The molecule has 0 aromatic heterocycles. The summed E-state index contributed by atoms with van der Waals surface area (Å²) in [6.45, 7) is 5.65. The summed E-state index contributed by atoms with van der Waals surface area (Å²) in [5, 5.41) is 2.88. The maximum Gasteiger partial charge on any atom is 0.264 e. The van der Waals surface area contributed by atoms with Crippen LogP contribution in [0.3, 0.4) is 0 Å². The van der Waals surface area contributed by atoms with E-state index in [0.29, 0.717) is 22.5 Å². The molecule has 8 nitrogen and oxygen atoms in total. The Morgan fingerprint density at radius 2 is 1.58 bits per heavy atom. The number of hydrogen-bond acceptors (Lipinski definition) is 5. The van der Waals surface area contributed by atoms with Crippen LogP contribution in [-0.4, -0.2) is 51.4 Å². The standard InChI is InChI=1S/C35H38BrN3O5S/c1-5-37-35(41)32(21-27-12-7-6-8-13-27)38(23-28-14-10-9-11-26(28)3)34(40)24-39(29-17-15-25(2)16-18-29)45(42,43)30-19-20-33(44-4)31(36)22-30/h6-20,22,32H,5,21,23-24H2,1-4H3,(H,37,41). The van der Waals surface area contributed by atoms with E-state index in [1.54, 1.807) is 30.3 Å². The summed E-state index contributed by atoms with van der Waals surface area (Å²) in [6, 6.07) is 27.6. The zero-order valence-corrected chi connectivity index (χ0v) is 28.3. The Hall–Kier alpha value is -4.15. The average molecular weight is 693 g/mol. The van der Waals surface area contributed by atoms with Crippen LogP contribution < -0.4 is 14.4 Å². The van der Waals surface area contributed by atoms with Crippen LogP contribution in [-0.2, 0) is 32.6 Å². The predicted octanol–water partition coefficient (Wildman–Crippen LogP) is 6.05. The minimum Gasteiger partial charge on any atom is -0.496 e. The number of methoxy groups -OCH3 is 1. The Bertz CT molecular complexity index is 1730. The smallest absolute Gasteiger partial charge is 0.264 e. The molecule has 4 aromatic carbocycles. The van der Waals surface area contributed by atoms with Gasteiger partial charge in [0.25, 0.3) is 10.0 Å². The van der Waals surface area contributed by atoms with Crippen molar-refractivity contribution in [3.63, 3.8) is 0 Å². The molecule has 1 atom stereocenters. The Balaban J connectivity index is 1.81. The monoisotopic (exact) mass is 691 g/mol. The number of nitrogens with zero attached hydrogens (tertiary/aromatic N) is 2. The molecule has 4 aromatic rings. The second-order valence-corrected chi connectivity index (χ2v) is 13.4. The van der Waals surface area contributed by atoms with Crippen LogP contribution >= 0.6 is 15.9 Å². The molecule has 0 aliphatic heterocycles. The van der Waals surface area contributed by atoms with Gasteiger partial charge in [0, 0.05) is 19.5 Å². The van der Waals surface area contributed by atoms with Gasteiger partial charge in [-0.1, -0.05) is 72.3 Å². The maximum absolute atomic E-state index is 14.5. The fraction of sp³-hybridized carbons (Fsp3) is 0.257. The summed E-state index contributed by atoms with van der Waals surface area (Å²) in [5.41, 5.74) is 3.96. The Labute approximate surface area is 274 Å². The molecule has 0 heterocycles. The highest BCUT2D eigenvalue weighted by Gasteiger charge is 2.35. The van der Waals surface area contributed by atoms with Crippen LogP contribution in [0.2, 0.25) is 0 Å². The van der Waals surface area contributed by atoms with Gasteiger partial charge in [0.15, 0.2) is 0 Å². The lowest BCUT2D eigenvalue weighted by atomic mass is 10.0. The average Bonchev–Trinajstić information content (AvgIpc) is 3.03. The zero-order chi connectivity index (χ0) is 32.6. The number of ether oxygens (including phenoxy) is 1. The van der Waals surface area contributed by atoms with Crippen LogP contribution in [0.5, 0.6) is 5.75 Å². The molecular formula is C35H38BrN3O5S. The summed E-state index contributed by atoms with van der Waals surface area (Å²) in [7, 11) is -2.74. The first-order chi connectivity index (χ1) is 21.5. The highest BCUT2D eigenvalue weighted by molar-refractivity contribution is 9.10. The third-order valence-corrected chi connectivity index (χ3v) is 9.93. The molecule has 0 aliphatic carbocycles. The normalized spacial score (nSPS) is 11.8. The molecule has 0 aliphatic rings. The van der Waals surface area contributed by atoms with Gasteiger partial charge in [-0.25, -0.2) is 8.42 Å². The lowest BCUT2D eigenvalue weighted by molar-refractivity contribution is -0.140. The van der Waals surface area contributed by atoms with Gasteiger partial charge in [0.1, 0.15) is 18.3 Å². The van der Waals surface area contributed by atoms with E-state index in [-0.39, 0.29) is 23.8 Å². The number of anilines is 1. The van der Waals surface area contributed by atoms with Crippen molar-refractivity contribution >= 4 is 43.5 Å². The third-order valence-electron chi connectivity index (χ3n) is 7.54. The summed E-state index contributed by atoms with van der Waals surface area (Å²) in [4.78, 5) is 29.6.